The molecule has 0 aliphatic heterocycles. The highest BCUT2D eigenvalue weighted by Crippen LogP contribution is 2.25. The largest absolute Gasteiger partial charge is 0.371 e. The third-order valence-electron chi connectivity index (χ3n) is 2.82. The minimum Gasteiger partial charge on any atom is -0.371 e. The Morgan fingerprint density at radius 3 is 2.24 bits per heavy atom. The van der Waals surface area contributed by atoms with Crippen LogP contribution in [0.1, 0.15) is 46.1 Å². The molecule has 0 heterocycles. The van der Waals surface area contributed by atoms with Crippen molar-refractivity contribution >= 4 is 10.5 Å². The van der Waals surface area contributed by atoms with Crippen LogP contribution in [0.4, 0.5) is 4.39 Å². The van der Waals surface area contributed by atoms with Gasteiger partial charge < -0.3 is 13.9 Å². The number of aryl methyl sites for hydroxylation is 1. The van der Waals surface area contributed by atoms with Gasteiger partial charge >= 0.3 is 0 Å². The van der Waals surface area contributed by atoms with Gasteiger partial charge in [0.1, 0.15) is 5.82 Å². The van der Waals surface area contributed by atoms with Crippen LogP contribution in [-0.4, -0.2) is 28.7 Å². The zero-order valence-electron chi connectivity index (χ0n) is 13.2. The fourth-order valence-electron chi connectivity index (χ4n) is 2.16. The van der Waals surface area contributed by atoms with Crippen LogP contribution in [0.15, 0.2) is 24.3 Å². The molecule has 0 spiro atoms. The number of hydrogen-bond acceptors (Lipinski definition) is 3. The molecular weight excluding hydrogens is 287 g/mol. The topological polar surface area (TPSA) is 27.7 Å². The minimum absolute atomic E-state index is 0.0331. The van der Waals surface area contributed by atoms with Crippen LogP contribution in [0.2, 0.25) is 0 Å². The summed E-state index contributed by atoms with van der Waals surface area (Å²) in [7, 11) is 3.07. The number of hydrogen-bond donors (Lipinski definition) is 0. The maximum Gasteiger partial charge on any atom is 0.273 e. The van der Waals surface area contributed by atoms with E-state index >= 15 is 0 Å². The molecule has 0 atom stereocenters. The maximum atomic E-state index is 13.2. The lowest BCUT2D eigenvalue weighted by Crippen LogP contribution is -2.42. The Morgan fingerprint density at radius 1 is 1.14 bits per heavy atom. The van der Waals surface area contributed by atoms with Crippen molar-refractivity contribution in [2.24, 2.45) is 0 Å². The van der Waals surface area contributed by atoms with Gasteiger partial charge in [-0.3, -0.25) is 0 Å². The van der Waals surface area contributed by atoms with Crippen molar-refractivity contribution in [3.8, 4) is 0 Å². The Bertz CT molecular complexity index is 414. The third kappa shape index (κ3) is 6.69. The first-order chi connectivity index (χ1) is 9.87. The summed E-state index contributed by atoms with van der Waals surface area (Å²) < 4.78 is 30.1. The zero-order valence-corrected chi connectivity index (χ0v) is 14.2. The van der Waals surface area contributed by atoms with E-state index in [9.17, 15) is 4.39 Å². The van der Waals surface area contributed by atoms with Gasteiger partial charge in [0.15, 0.2) is 0 Å². The van der Waals surface area contributed by atoms with Gasteiger partial charge in [0.25, 0.3) is 16.5 Å². The molecule has 3 nitrogen and oxygen atoms in total. The minimum atomic E-state index is -1.12. The molecule has 1 aromatic carbocycles. The fourth-order valence-corrected chi connectivity index (χ4v) is 2.36. The maximum absolute atomic E-state index is 13.2. The van der Waals surface area contributed by atoms with Gasteiger partial charge in [-0.15, -0.1) is 0 Å². The van der Waals surface area contributed by atoms with Crippen molar-refractivity contribution in [3.63, 3.8) is 0 Å². The summed E-state index contributed by atoms with van der Waals surface area (Å²) >= 11 is 0. The van der Waals surface area contributed by atoms with Crippen LogP contribution in [0.3, 0.4) is 0 Å². The number of rotatable bonds is 9. The van der Waals surface area contributed by atoms with E-state index in [4.69, 9.17) is 13.9 Å². The monoisotopic (exact) mass is 311 g/mol. The summed E-state index contributed by atoms with van der Waals surface area (Å²) in [4.78, 5) is 0. The summed E-state index contributed by atoms with van der Waals surface area (Å²) in [6, 6.07) is 6.61. The smallest absolute Gasteiger partial charge is 0.273 e. The predicted molar refractivity (Wildman–Crippen MR) is 81.4 cm³/mol. The molecule has 0 unspecified atom stereocenters. The second-order valence-corrected chi connectivity index (χ2v) is 5.81. The predicted octanol–water partition coefficient (Wildman–Crippen LogP) is 3.75. The van der Waals surface area contributed by atoms with Gasteiger partial charge in [0, 0.05) is 6.42 Å². The summed E-state index contributed by atoms with van der Waals surface area (Å²) in [6.07, 6.45) is 1.97. The number of benzene rings is 1. The highest BCUT2D eigenvalue weighted by atomic mass is 28.2. The van der Waals surface area contributed by atoms with Gasteiger partial charge in [-0.2, -0.15) is 0 Å². The normalized spacial score (nSPS) is 12.4. The van der Waals surface area contributed by atoms with Crippen LogP contribution in [0, 0.1) is 5.82 Å². The molecular formula is C16H24FO3Si. The molecule has 0 fully saturated rings. The molecule has 0 amide bonds. The quantitative estimate of drug-likeness (QED) is 0.513. The molecule has 1 aromatic rings. The summed E-state index contributed by atoms with van der Waals surface area (Å²) in [5.74, 6) is -1.33. The van der Waals surface area contributed by atoms with Crippen molar-refractivity contribution < 1.29 is 18.3 Å². The fraction of sp³-hybridized carbons (Fsp3) is 0.625. The van der Waals surface area contributed by atoms with Gasteiger partial charge in [0.2, 0.25) is 0 Å². The van der Waals surface area contributed by atoms with E-state index in [2.05, 4.69) is 10.5 Å². The van der Waals surface area contributed by atoms with Crippen LogP contribution < -0.4 is 0 Å². The van der Waals surface area contributed by atoms with Crippen LogP contribution in [0.5, 0.6) is 0 Å². The van der Waals surface area contributed by atoms with Crippen molar-refractivity contribution in [1.29, 1.82) is 0 Å². The van der Waals surface area contributed by atoms with E-state index < -0.39 is 5.97 Å². The van der Waals surface area contributed by atoms with E-state index in [0.29, 0.717) is 6.42 Å². The van der Waals surface area contributed by atoms with E-state index in [0.717, 1.165) is 18.4 Å². The molecule has 0 aliphatic carbocycles. The number of ether oxygens (including phenoxy) is 2. The van der Waals surface area contributed by atoms with Gasteiger partial charge in [0.05, 0.1) is 12.2 Å². The lowest BCUT2D eigenvalue weighted by molar-refractivity contribution is -0.369. The molecule has 0 bridgehead atoms. The van der Waals surface area contributed by atoms with Crippen LogP contribution in [0.25, 0.3) is 0 Å². The van der Waals surface area contributed by atoms with Gasteiger partial charge in [-0.25, -0.2) is 4.39 Å². The van der Waals surface area contributed by atoms with E-state index in [-0.39, 0.29) is 18.0 Å². The van der Waals surface area contributed by atoms with Crippen molar-refractivity contribution in [1.82, 2.24) is 0 Å². The van der Waals surface area contributed by atoms with Crippen molar-refractivity contribution in [2.75, 3.05) is 0 Å². The lowest BCUT2D eigenvalue weighted by Gasteiger charge is -2.35. The molecule has 5 heteroatoms. The molecule has 1 rings (SSSR count). The standard InChI is InChI=1S/C16H24FO3Si/c1-12(2)18-16(20-21,19-13(3)4)10-6-8-14-7-5-9-15(17)11-14/h5,7,9,11-13H,6,8,10H2,1-4H3. The van der Waals surface area contributed by atoms with Crippen molar-refractivity contribution in [3.05, 3.63) is 35.6 Å². The highest BCUT2D eigenvalue weighted by molar-refractivity contribution is 5.98. The van der Waals surface area contributed by atoms with E-state index in [1.54, 1.807) is 12.1 Å². The first kappa shape index (κ1) is 18.3. The van der Waals surface area contributed by atoms with E-state index in [1.807, 2.05) is 33.8 Å². The van der Waals surface area contributed by atoms with Gasteiger partial charge in [-0.1, -0.05) is 12.1 Å². The molecule has 3 radical (unpaired) electrons. The third-order valence-corrected chi connectivity index (χ3v) is 3.13. The Balaban J connectivity index is 2.63. The Labute approximate surface area is 130 Å². The molecule has 0 saturated carbocycles. The SMILES string of the molecule is CC(C)OC(CCCc1cccc(F)c1)(O[Si])OC(C)C. The Hall–Kier alpha value is -0.753. The first-order valence-corrected chi connectivity index (χ1v) is 7.72. The Morgan fingerprint density at radius 2 is 1.76 bits per heavy atom. The molecule has 0 N–H and O–H groups in total. The summed E-state index contributed by atoms with van der Waals surface area (Å²) in [6.45, 7) is 7.71. The highest BCUT2D eigenvalue weighted by Gasteiger charge is 2.33. The van der Waals surface area contributed by atoms with Crippen molar-refractivity contribution in [2.45, 2.75) is 65.1 Å². The van der Waals surface area contributed by atoms with E-state index in [1.165, 1.54) is 6.07 Å². The second kappa shape index (κ2) is 8.63. The Kier molecular flexibility index (Phi) is 7.52. The molecule has 0 aromatic heterocycles. The van der Waals surface area contributed by atoms with Gasteiger partial charge in [-0.05, 0) is 58.2 Å². The first-order valence-electron chi connectivity index (χ1n) is 7.31. The van der Waals surface area contributed by atoms with Crippen LogP contribution in [-0.2, 0) is 20.3 Å². The van der Waals surface area contributed by atoms with Crippen LogP contribution >= 0.6 is 0 Å². The second-order valence-electron chi connectivity index (χ2n) is 5.60. The lowest BCUT2D eigenvalue weighted by atomic mass is 10.1. The summed E-state index contributed by atoms with van der Waals surface area (Å²) in [5.41, 5.74) is 0.951. The molecule has 21 heavy (non-hydrogen) atoms. The average molecular weight is 311 g/mol. The molecule has 0 aliphatic rings. The average Bonchev–Trinajstić information content (AvgIpc) is 2.37. The molecule has 117 valence electrons. The zero-order chi connectivity index (χ0) is 15.9. The number of halogens is 1. The summed E-state index contributed by atoms with van der Waals surface area (Å²) in [5, 5.41) is 0. The molecule has 0 saturated heterocycles.